The largest absolute Gasteiger partial charge is 0.481 e. The van der Waals surface area contributed by atoms with Crippen LogP contribution in [0, 0.1) is 5.92 Å². The first kappa shape index (κ1) is 15.0. The molecule has 2 fully saturated rings. The number of thioether (sulfide) groups is 1. The average Bonchev–Trinajstić information content (AvgIpc) is 2.77. The zero-order valence-electron chi connectivity index (χ0n) is 11.5. The van der Waals surface area contributed by atoms with Gasteiger partial charge in [-0.25, -0.2) is 0 Å². The highest BCUT2D eigenvalue weighted by molar-refractivity contribution is 8.15. The summed E-state index contributed by atoms with van der Waals surface area (Å²) >= 11 is 1.14. The van der Waals surface area contributed by atoms with Crippen molar-refractivity contribution in [2.45, 2.75) is 50.7 Å². The maximum atomic E-state index is 11.5. The third kappa shape index (κ3) is 4.06. The molecule has 1 atom stereocenters. The molecule has 2 N–H and O–H groups in total. The van der Waals surface area contributed by atoms with Gasteiger partial charge in [0.25, 0.3) is 0 Å². The number of nitrogens with zero attached hydrogens (tertiary/aromatic N) is 2. The molecule has 2 aliphatic rings. The molecule has 0 spiro atoms. The summed E-state index contributed by atoms with van der Waals surface area (Å²) in [5, 5.41) is 19.3. The van der Waals surface area contributed by atoms with Crippen LogP contribution in [0.1, 0.15) is 45.4 Å². The van der Waals surface area contributed by atoms with Crippen molar-refractivity contribution in [2.75, 3.05) is 0 Å². The summed E-state index contributed by atoms with van der Waals surface area (Å²) in [4.78, 5) is 22.1. The highest BCUT2D eigenvalue weighted by atomic mass is 32.2. The number of hydrogen-bond acceptors (Lipinski definition) is 5. The predicted octanol–water partition coefficient (Wildman–Crippen LogP) is 2.00. The van der Waals surface area contributed by atoms with Gasteiger partial charge in [-0.05, 0) is 31.6 Å². The molecule has 0 aromatic heterocycles. The molecule has 0 unspecified atom stereocenters. The monoisotopic (exact) mass is 297 g/mol. The van der Waals surface area contributed by atoms with Crippen LogP contribution >= 0.6 is 11.8 Å². The van der Waals surface area contributed by atoms with Crippen LogP contribution in [0.2, 0.25) is 0 Å². The Labute approximate surface area is 122 Å². The third-order valence-corrected chi connectivity index (χ3v) is 4.75. The maximum Gasteiger partial charge on any atom is 0.305 e. The normalized spacial score (nSPS) is 28.6. The standard InChI is InChI=1S/C13H19N3O3S/c1-2-8-3-5-9(6-4-8)15-16-13-14-12(19)10(20-13)7-11(17)18/h8,10H,2-7H2,1H3,(H,17,18)(H,14,16,19)/t8?,10-/m1/s1. The lowest BCUT2D eigenvalue weighted by Gasteiger charge is -2.20. The number of rotatable bonds is 4. The van der Waals surface area contributed by atoms with E-state index in [9.17, 15) is 9.59 Å². The van der Waals surface area contributed by atoms with E-state index in [0.717, 1.165) is 49.1 Å². The highest BCUT2D eigenvalue weighted by Gasteiger charge is 2.32. The zero-order chi connectivity index (χ0) is 14.5. The Balaban J connectivity index is 1.89. The Bertz CT molecular complexity index is 452. The van der Waals surface area contributed by atoms with E-state index in [-0.39, 0.29) is 12.3 Å². The quantitative estimate of drug-likeness (QED) is 0.776. The Morgan fingerprint density at radius 2 is 2.10 bits per heavy atom. The van der Waals surface area contributed by atoms with Crippen molar-refractivity contribution >= 4 is 34.5 Å². The predicted molar refractivity (Wildman–Crippen MR) is 78.9 cm³/mol. The van der Waals surface area contributed by atoms with Crippen molar-refractivity contribution in [3.8, 4) is 0 Å². The molecule has 0 radical (unpaired) electrons. The molecule has 0 aromatic rings. The van der Waals surface area contributed by atoms with E-state index < -0.39 is 11.2 Å². The van der Waals surface area contributed by atoms with E-state index in [1.54, 1.807) is 0 Å². The second-order valence-electron chi connectivity index (χ2n) is 5.12. The molecule has 1 heterocycles. The fraction of sp³-hybridized carbons (Fsp3) is 0.692. The molecule has 1 saturated heterocycles. The van der Waals surface area contributed by atoms with E-state index in [1.165, 1.54) is 6.42 Å². The smallest absolute Gasteiger partial charge is 0.305 e. The summed E-state index contributed by atoms with van der Waals surface area (Å²) in [5.41, 5.74) is 1.07. The molecule has 7 heteroatoms. The van der Waals surface area contributed by atoms with Crippen LogP contribution in [0.15, 0.2) is 10.2 Å². The molecule has 0 aromatic carbocycles. The van der Waals surface area contributed by atoms with Crippen molar-refractivity contribution in [3.63, 3.8) is 0 Å². The number of carboxylic acid groups (broad SMARTS) is 1. The van der Waals surface area contributed by atoms with Crippen LogP contribution in [0.3, 0.4) is 0 Å². The minimum absolute atomic E-state index is 0.190. The number of nitrogens with one attached hydrogen (secondary N) is 1. The Morgan fingerprint density at radius 1 is 1.40 bits per heavy atom. The van der Waals surface area contributed by atoms with Gasteiger partial charge >= 0.3 is 5.97 Å². The summed E-state index contributed by atoms with van der Waals surface area (Å²) in [6.45, 7) is 2.21. The fourth-order valence-corrected chi connectivity index (χ4v) is 3.29. The minimum Gasteiger partial charge on any atom is -0.481 e. The number of aliphatic carboxylic acids is 1. The second kappa shape index (κ2) is 6.88. The molecule has 0 bridgehead atoms. The Kier molecular flexibility index (Phi) is 5.17. The number of carboxylic acids is 1. The molecule has 1 saturated carbocycles. The van der Waals surface area contributed by atoms with E-state index >= 15 is 0 Å². The topological polar surface area (TPSA) is 91.1 Å². The first-order valence-electron chi connectivity index (χ1n) is 6.91. The lowest BCUT2D eigenvalue weighted by atomic mass is 9.86. The molecular formula is C13H19N3O3S. The van der Waals surface area contributed by atoms with Crippen molar-refractivity contribution in [1.29, 1.82) is 0 Å². The van der Waals surface area contributed by atoms with Crippen molar-refractivity contribution in [1.82, 2.24) is 5.32 Å². The highest BCUT2D eigenvalue weighted by Crippen LogP contribution is 2.26. The number of hydrogen-bond donors (Lipinski definition) is 2. The Morgan fingerprint density at radius 3 is 2.70 bits per heavy atom. The molecule has 1 aliphatic heterocycles. The van der Waals surface area contributed by atoms with Gasteiger partial charge in [0.05, 0.1) is 6.42 Å². The first-order valence-corrected chi connectivity index (χ1v) is 7.79. The van der Waals surface area contributed by atoms with Crippen LogP contribution in [-0.2, 0) is 9.59 Å². The van der Waals surface area contributed by atoms with Gasteiger partial charge in [-0.2, -0.15) is 5.10 Å². The van der Waals surface area contributed by atoms with Gasteiger partial charge in [0.1, 0.15) is 5.25 Å². The summed E-state index contributed by atoms with van der Waals surface area (Å²) in [7, 11) is 0. The maximum absolute atomic E-state index is 11.5. The van der Waals surface area contributed by atoms with Gasteiger partial charge in [-0.1, -0.05) is 25.1 Å². The van der Waals surface area contributed by atoms with Crippen molar-refractivity contribution < 1.29 is 14.7 Å². The van der Waals surface area contributed by atoms with Gasteiger partial charge in [0, 0.05) is 5.71 Å². The minimum atomic E-state index is -0.983. The van der Waals surface area contributed by atoms with E-state index in [0.29, 0.717) is 5.17 Å². The number of carbonyl (C=O) groups excluding carboxylic acids is 1. The van der Waals surface area contributed by atoms with Crippen molar-refractivity contribution in [2.24, 2.45) is 16.1 Å². The molecule has 1 amide bonds. The molecule has 6 nitrogen and oxygen atoms in total. The van der Waals surface area contributed by atoms with Gasteiger partial charge in [0.15, 0.2) is 5.17 Å². The lowest BCUT2D eigenvalue weighted by molar-refractivity contribution is -0.138. The summed E-state index contributed by atoms with van der Waals surface area (Å²) < 4.78 is 0. The SMILES string of the molecule is CCC1CCC(=N/N=C2/NC(=O)[C@@H](CC(=O)O)S2)CC1. The molecule has 110 valence electrons. The van der Waals surface area contributed by atoms with Gasteiger partial charge < -0.3 is 10.4 Å². The number of amidine groups is 1. The van der Waals surface area contributed by atoms with Gasteiger partial charge in [-0.3, -0.25) is 9.59 Å². The second-order valence-corrected chi connectivity index (χ2v) is 6.31. The molecule has 20 heavy (non-hydrogen) atoms. The first-order chi connectivity index (χ1) is 9.58. The summed E-state index contributed by atoms with van der Waals surface area (Å²) in [6.07, 6.45) is 5.26. The zero-order valence-corrected chi connectivity index (χ0v) is 12.3. The Hall–Kier alpha value is -1.37. The molecular weight excluding hydrogens is 278 g/mol. The van der Waals surface area contributed by atoms with Crippen LogP contribution in [0.25, 0.3) is 0 Å². The van der Waals surface area contributed by atoms with Crippen molar-refractivity contribution in [3.05, 3.63) is 0 Å². The molecule has 1 aliphatic carbocycles. The van der Waals surface area contributed by atoms with Gasteiger partial charge in [0.2, 0.25) is 5.91 Å². The number of carbonyl (C=O) groups is 2. The fourth-order valence-electron chi connectivity index (χ4n) is 2.38. The van der Waals surface area contributed by atoms with Crippen LogP contribution in [0.4, 0.5) is 0 Å². The van der Waals surface area contributed by atoms with Crippen LogP contribution in [-0.4, -0.2) is 33.1 Å². The average molecular weight is 297 g/mol. The molecule has 2 rings (SSSR count). The summed E-state index contributed by atoms with van der Waals surface area (Å²) in [6, 6.07) is 0. The van der Waals surface area contributed by atoms with E-state index in [2.05, 4.69) is 22.4 Å². The lowest BCUT2D eigenvalue weighted by Crippen LogP contribution is -2.26. The van der Waals surface area contributed by atoms with Crippen LogP contribution in [0.5, 0.6) is 0 Å². The third-order valence-electron chi connectivity index (χ3n) is 3.68. The van der Waals surface area contributed by atoms with E-state index in [4.69, 9.17) is 5.11 Å². The number of amides is 1. The van der Waals surface area contributed by atoms with Gasteiger partial charge in [-0.15, -0.1) is 5.10 Å². The summed E-state index contributed by atoms with van der Waals surface area (Å²) in [5.74, 6) is -0.490. The van der Waals surface area contributed by atoms with E-state index in [1.807, 2.05) is 0 Å². The van der Waals surface area contributed by atoms with Crippen LogP contribution < -0.4 is 5.32 Å².